The van der Waals surface area contributed by atoms with Crippen LogP contribution in [0.1, 0.15) is 0 Å². The van der Waals surface area contributed by atoms with E-state index in [1.807, 2.05) is 0 Å². The molecular formula is Cl4LiMgNa. The minimum Gasteiger partial charge on any atom is -1.00 e. The standard InChI is InChI=1S/4ClH.Li.Mg.Na/h4*1H;;;/q;;;;+1;+2;+1/p-4. The van der Waals surface area contributed by atoms with Gasteiger partial charge in [0.1, 0.15) is 0 Å². The Morgan fingerprint density at radius 2 is 0.571 bits per heavy atom. The van der Waals surface area contributed by atoms with Crippen molar-refractivity contribution >= 4 is 23.1 Å². The van der Waals surface area contributed by atoms with Crippen LogP contribution in [-0.2, 0) is 0 Å². The second kappa shape index (κ2) is 55.7. The molecular weight excluding hydrogens is 196 g/mol. The van der Waals surface area contributed by atoms with E-state index in [9.17, 15) is 0 Å². The van der Waals surface area contributed by atoms with Crippen molar-refractivity contribution in [2.45, 2.75) is 0 Å². The van der Waals surface area contributed by atoms with E-state index in [0.717, 1.165) is 0 Å². The molecule has 0 atom stereocenters. The molecule has 7 heteroatoms. The van der Waals surface area contributed by atoms with Crippen LogP contribution in [-0.4, -0.2) is 23.1 Å². The summed E-state index contributed by atoms with van der Waals surface area (Å²) in [6, 6.07) is 0. The molecule has 0 aromatic rings. The smallest absolute Gasteiger partial charge is 1.00 e. The second-order valence-electron chi connectivity index (χ2n) is 0. The van der Waals surface area contributed by atoms with Gasteiger partial charge in [0.25, 0.3) is 0 Å². The molecule has 0 amide bonds. The van der Waals surface area contributed by atoms with Gasteiger partial charge in [0.05, 0.1) is 0 Å². The van der Waals surface area contributed by atoms with Crippen LogP contribution < -0.4 is 98.0 Å². The van der Waals surface area contributed by atoms with Crippen LogP contribution in [0.15, 0.2) is 0 Å². The van der Waals surface area contributed by atoms with Crippen molar-refractivity contribution in [1.82, 2.24) is 0 Å². The summed E-state index contributed by atoms with van der Waals surface area (Å²) >= 11 is 0. The predicted octanol–water partition coefficient (Wildman–Crippen LogP) is -18.4. The van der Waals surface area contributed by atoms with Crippen LogP contribution in [0.5, 0.6) is 0 Å². The second-order valence-corrected chi connectivity index (χ2v) is 0. The maximum Gasteiger partial charge on any atom is 2.00 e. The first-order valence-electron chi connectivity index (χ1n) is 0. The van der Waals surface area contributed by atoms with Gasteiger partial charge in [-0.25, -0.2) is 0 Å². The fourth-order valence-corrected chi connectivity index (χ4v) is 0. The zero-order valence-electron chi connectivity index (χ0n) is 4.22. The summed E-state index contributed by atoms with van der Waals surface area (Å²) in [4.78, 5) is 0. The summed E-state index contributed by atoms with van der Waals surface area (Å²) in [5, 5.41) is 0. The molecule has 0 bridgehead atoms. The van der Waals surface area contributed by atoms with Crippen molar-refractivity contribution in [3.8, 4) is 0 Å². The molecule has 0 fully saturated rings. The maximum atomic E-state index is 0. The third-order valence-corrected chi connectivity index (χ3v) is 0. The molecule has 0 nitrogen and oxygen atoms in total. The fourth-order valence-electron chi connectivity index (χ4n) is 0. The number of halogens is 4. The van der Waals surface area contributed by atoms with Crippen LogP contribution in [0.25, 0.3) is 0 Å². The molecule has 0 spiro atoms. The Morgan fingerprint density at radius 3 is 0.571 bits per heavy atom. The molecule has 0 radical (unpaired) electrons. The van der Waals surface area contributed by atoms with Gasteiger partial charge in [0.2, 0.25) is 0 Å². The Bertz CT molecular complexity index is 11.7. The van der Waals surface area contributed by atoms with Gasteiger partial charge >= 0.3 is 71.5 Å². The molecule has 0 unspecified atom stereocenters. The summed E-state index contributed by atoms with van der Waals surface area (Å²) in [5.74, 6) is 0. The van der Waals surface area contributed by atoms with Gasteiger partial charge in [-0.05, 0) is 0 Å². The first-order valence-corrected chi connectivity index (χ1v) is 0. The Morgan fingerprint density at radius 1 is 0.571 bits per heavy atom. The summed E-state index contributed by atoms with van der Waals surface area (Å²) < 4.78 is 0. The minimum absolute atomic E-state index is 0. The Balaban J connectivity index is 0. The third-order valence-electron chi connectivity index (χ3n) is 0. The van der Waals surface area contributed by atoms with E-state index in [0.29, 0.717) is 0 Å². The molecule has 0 aromatic heterocycles. The van der Waals surface area contributed by atoms with Crippen LogP contribution in [0.3, 0.4) is 0 Å². The molecule has 0 rings (SSSR count). The van der Waals surface area contributed by atoms with Crippen LogP contribution in [0.4, 0.5) is 0 Å². The van der Waals surface area contributed by atoms with E-state index in [1.165, 1.54) is 0 Å². The van der Waals surface area contributed by atoms with Crippen molar-refractivity contribution in [3.63, 3.8) is 0 Å². The van der Waals surface area contributed by atoms with Crippen molar-refractivity contribution < 1.29 is 98.0 Å². The SMILES string of the molecule is [Cl-].[Cl-].[Cl-].[Cl-].[Li+].[Mg+2].[Na+]. The van der Waals surface area contributed by atoms with E-state index < -0.39 is 0 Å². The normalized spacial score (nSPS) is 0. The molecule has 0 aliphatic heterocycles. The largest absolute Gasteiger partial charge is 2.00 e. The summed E-state index contributed by atoms with van der Waals surface area (Å²) in [5.41, 5.74) is 0. The maximum absolute atomic E-state index is 0. The van der Waals surface area contributed by atoms with Crippen LogP contribution in [0, 0.1) is 0 Å². The van der Waals surface area contributed by atoms with E-state index in [2.05, 4.69) is 0 Å². The molecule has 0 heterocycles. The molecule has 32 valence electrons. The van der Waals surface area contributed by atoms with Gasteiger partial charge in [-0.2, -0.15) is 0 Å². The first-order chi connectivity index (χ1) is 0. The van der Waals surface area contributed by atoms with E-state index >= 15 is 0 Å². The zero-order chi connectivity index (χ0) is 0. The van der Waals surface area contributed by atoms with Gasteiger partial charge in [0, 0.05) is 0 Å². The third kappa shape index (κ3) is 43.4. The summed E-state index contributed by atoms with van der Waals surface area (Å²) in [6.45, 7) is 0. The van der Waals surface area contributed by atoms with Gasteiger partial charge in [-0.3, -0.25) is 0 Å². The van der Waals surface area contributed by atoms with Gasteiger partial charge in [-0.15, -0.1) is 0 Å². The quantitative estimate of drug-likeness (QED) is 0.337. The van der Waals surface area contributed by atoms with Crippen LogP contribution in [0.2, 0.25) is 0 Å². The van der Waals surface area contributed by atoms with Crippen molar-refractivity contribution in [2.75, 3.05) is 0 Å². The Hall–Kier alpha value is 3.52. The molecule has 0 saturated carbocycles. The topological polar surface area (TPSA) is 0 Å². The zero-order valence-corrected chi connectivity index (χ0v) is 10.7. The van der Waals surface area contributed by atoms with E-state index in [4.69, 9.17) is 0 Å². The minimum atomic E-state index is 0. The predicted molar refractivity (Wildman–Crippen MR) is 5.75 cm³/mol. The molecule has 0 saturated heterocycles. The van der Waals surface area contributed by atoms with Gasteiger partial charge in [0.15, 0.2) is 0 Å². The number of hydrogen-bond donors (Lipinski definition) is 0. The first kappa shape index (κ1) is 76.9. The van der Waals surface area contributed by atoms with Gasteiger partial charge in [-0.1, -0.05) is 0 Å². The van der Waals surface area contributed by atoms with E-state index in [-0.39, 0.29) is 121 Å². The number of hydrogen-bond acceptors (Lipinski definition) is 0. The summed E-state index contributed by atoms with van der Waals surface area (Å²) in [6.07, 6.45) is 0. The average molecular weight is 196 g/mol. The average Bonchev–Trinajstić information content (AvgIpc) is 0. The van der Waals surface area contributed by atoms with E-state index in [1.54, 1.807) is 0 Å². The van der Waals surface area contributed by atoms with Crippen molar-refractivity contribution in [1.29, 1.82) is 0 Å². The Labute approximate surface area is 119 Å². The molecule has 0 aliphatic rings. The van der Waals surface area contributed by atoms with Crippen molar-refractivity contribution in [2.24, 2.45) is 0 Å². The number of rotatable bonds is 0. The molecule has 7 heavy (non-hydrogen) atoms. The van der Waals surface area contributed by atoms with Gasteiger partial charge < -0.3 is 49.6 Å². The fraction of sp³-hybridized carbons (Fsp3) is 0. The molecule has 0 aromatic carbocycles. The Kier molecular flexibility index (Phi) is 612. The molecule has 0 aliphatic carbocycles. The van der Waals surface area contributed by atoms with Crippen LogP contribution >= 0.6 is 0 Å². The molecule has 0 N–H and O–H groups in total. The summed E-state index contributed by atoms with van der Waals surface area (Å²) in [7, 11) is 0. The monoisotopic (exact) mass is 194 g/mol. The van der Waals surface area contributed by atoms with Crippen molar-refractivity contribution in [3.05, 3.63) is 0 Å².